The lowest BCUT2D eigenvalue weighted by Gasteiger charge is -2.29. The van der Waals surface area contributed by atoms with Gasteiger partial charge in [-0.05, 0) is 31.9 Å². The van der Waals surface area contributed by atoms with E-state index in [0.29, 0.717) is 6.61 Å². The molecule has 0 N–H and O–H groups in total. The molecule has 1 amide bonds. The van der Waals surface area contributed by atoms with E-state index in [9.17, 15) is 4.79 Å². The Kier molecular flexibility index (Phi) is 6.02. The van der Waals surface area contributed by atoms with E-state index in [1.54, 1.807) is 11.0 Å². The number of nitrogens with zero attached hydrogens (tertiary/aromatic N) is 1. The van der Waals surface area contributed by atoms with Gasteiger partial charge in [0, 0.05) is 0 Å². The van der Waals surface area contributed by atoms with E-state index in [1.165, 1.54) is 0 Å². The van der Waals surface area contributed by atoms with Crippen LogP contribution in [0.1, 0.15) is 18.1 Å². The monoisotopic (exact) mass is 271 g/mol. The molecule has 0 aliphatic heterocycles. The standard InChI is InChI=1S/C17H21NO2/c1-6-11-20-12-16(19)18(15(5)7-2)17-13(3)9-8-10-14(17)4/h2,6,8-10,15H,1,11-12H2,3-5H3. The van der Waals surface area contributed by atoms with Gasteiger partial charge in [0.1, 0.15) is 6.61 Å². The Morgan fingerprint density at radius 1 is 1.50 bits per heavy atom. The molecule has 0 aromatic heterocycles. The van der Waals surface area contributed by atoms with Crippen LogP contribution in [0.5, 0.6) is 0 Å². The number of para-hydroxylation sites is 1. The molecule has 0 fully saturated rings. The molecular weight excluding hydrogens is 250 g/mol. The fourth-order valence-electron chi connectivity index (χ4n) is 2.09. The summed E-state index contributed by atoms with van der Waals surface area (Å²) in [6.07, 6.45) is 7.11. The number of carbonyl (C=O) groups is 1. The van der Waals surface area contributed by atoms with Gasteiger partial charge in [-0.3, -0.25) is 9.69 Å². The van der Waals surface area contributed by atoms with E-state index in [2.05, 4.69) is 12.5 Å². The highest BCUT2D eigenvalue weighted by atomic mass is 16.5. The highest BCUT2D eigenvalue weighted by molar-refractivity contribution is 5.96. The Balaban J connectivity index is 3.10. The molecular formula is C17H21NO2. The maximum atomic E-state index is 12.4. The Bertz CT molecular complexity index is 508. The van der Waals surface area contributed by atoms with Gasteiger partial charge in [0.15, 0.2) is 0 Å². The first-order chi connectivity index (χ1) is 9.52. The summed E-state index contributed by atoms with van der Waals surface area (Å²) in [4.78, 5) is 14.0. The van der Waals surface area contributed by atoms with Crippen LogP contribution in [0, 0.1) is 26.2 Å². The van der Waals surface area contributed by atoms with Gasteiger partial charge in [-0.1, -0.05) is 30.2 Å². The summed E-state index contributed by atoms with van der Waals surface area (Å²) in [5.41, 5.74) is 2.90. The predicted molar refractivity (Wildman–Crippen MR) is 82.7 cm³/mol. The number of benzene rings is 1. The molecule has 20 heavy (non-hydrogen) atoms. The van der Waals surface area contributed by atoms with E-state index in [-0.39, 0.29) is 18.6 Å². The second-order valence-electron chi connectivity index (χ2n) is 4.65. The first-order valence-electron chi connectivity index (χ1n) is 6.56. The number of ether oxygens (including phenoxy) is 1. The molecule has 0 saturated heterocycles. The van der Waals surface area contributed by atoms with Crippen LogP contribution in [0.3, 0.4) is 0 Å². The molecule has 0 heterocycles. The lowest BCUT2D eigenvalue weighted by atomic mass is 10.1. The summed E-state index contributed by atoms with van der Waals surface area (Å²) in [6, 6.07) is 5.58. The van der Waals surface area contributed by atoms with Gasteiger partial charge in [0.2, 0.25) is 0 Å². The smallest absolute Gasteiger partial charge is 0.254 e. The highest BCUT2D eigenvalue weighted by Crippen LogP contribution is 2.26. The number of amides is 1. The number of terminal acetylenes is 1. The van der Waals surface area contributed by atoms with Crippen LogP contribution in [-0.2, 0) is 9.53 Å². The second kappa shape index (κ2) is 7.52. The minimum absolute atomic E-state index is 0.00812. The van der Waals surface area contributed by atoms with Gasteiger partial charge in [-0.25, -0.2) is 0 Å². The number of rotatable bonds is 6. The summed E-state index contributed by atoms with van der Waals surface area (Å²) in [5, 5.41) is 0. The SMILES string of the molecule is C#CC(C)N(C(=O)COCC=C)c1c(C)cccc1C. The van der Waals surface area contributed by atoms with Crippen molar-refractivity contribution < 1.29 is 9.53 Å². The predicted octanol–water partition coefficient (Wildman–Crippen LogP) is 2.86. The van der Waals surface area contributed by atoms with Crippen LogP contribution in [0.2, 0.25) is 0 Å². The Labute approximate surface area is 121 Å². The molecule has 1 aromatic rings. The molecule has 0 aliphatic carbocycles. The molecule has 1 rings (SSSR count). The largest absolute Gasteiger partial charge is 0.368 e. The summed E-state index contributed by atoms with van der Waals surface area (Å²) in [6.45, 7) is 9.66. The Morgan fingerprint density at radius 3 is 2.60 bits per heavy atom. The van der Waals surface area contributed by atoms with Crippen molar-refractivity contribution in [3.8, 4) is 12.3 Å². The fourth-order valence-corrected chi connectivity index (χ4v) is 2.09. The maximum Gasteiger partial charge on any atom is 0.254 e. The summed E-state index contributed by atoms with van der Waals surface area (Å²) < 4.78 is 5.24. The van der Waals surface area contributed by atoms with Gasteiger partial charge in [0.25, 0.3) is 5.91 Å². The lowest BCUT2D eigenvalue weighted by Crippen LogP contribution is -2.41. The minimum atomic E-state index is -0.324. The molecule has 0 bridgehead atoms. The normalized spacial score (nSPS) is 11.5. The van der Waals surface area contributed by atoms with Crippen LogP contribution in [0.4, 0.5) is 5.69 Å². The van der Waals surface area contributed by atoms with Gasteiger partial charge in [-0.15, -0.1) is 13.0 Å². The highest BCUT2D eigenvalue weighted by Gasteiger charge is 2.23. The number of anilines is 1. The van der Waals surface area contributed by atoms with Crippen LogP contribution < -0.4 is 4.90 Å². The molecule has 0 spiro atoms. The number of hydrogen-bond acceptors (Lipinski definition) is 2. The lowest BCUT2D eigenvalue weighted by molar-refractivity contribution is -0.122. The Morgan fingerprint density at radius 2 is 2.10 bits per heavy atom. The molecule has 0 aliphatic rings. The maximum absolute atomic E-state index is 12.4. The van der Waals surface area contributed by atoms with Crippen molar-refractivity contribution in [2.45, 2.75) is 26.8 Å². The average Bonchev–Trinajstić information content (AvgIpc) is 2.42. The van der Waals surface area contributed by atoms with Crippen molar-refractivity contribution in [3.05, 3.63) is 42.0 Å². The van der Waals surface area contributed by atoms with E-state index < -0.39 is 0 Å². The van der Waals surface area contributed by atoms with Gasteiger partial charge in [-0.2, -0.15) is 0 Å². The van der Waals surface area contributed by atoms with E-state index in [0.717, 1.165) is 16.8 Å². The minimum Gasteiger partial charge on any atom is -0.368 e. The van der Waals surface area contributed by atoms with Gasteiger partial charge in [0.05, 0.1) is 18.3 Å². The first kappa shape index (κ1) is 16.0. The quantitative estimate of drug-likeness (QED) is 0.452. The van der Waals surface area contributed by atoms with E-state index in [4.69, 9.17) is 11.2 Å². The molecule has 0 radical (unpaired) electrons. The zero-order chi connectivity index (χ0) is 15.1. The van der Waals surface area contributed by atoms with Crippen molar-refractivity contribution in [2.24, 2.45) is 0 Å². The third kappa shape index (κ3) is 3.72. The van der Waals surface area contributed by atoms with Crippen molar-refractivity contribution in [2.75, 3.05) is 18.1 Å². The molecule has 3 heteroatoms. The average molecular weight is 271 g/mol. The number of carbonyl (C=O) groups excluding carboxylic acids is 1. The van der Waals surface area contributed by atoms with Crippen LogP contribution >= 0.6 is 0 Å². The van der Waals surface area contributed by atoms with Crippen LogP contribution in [0.25, 0.3) is 0 Å². The first-order valence-corrected chi connectivity index (χ1v) is 6.56. The number of aryl methyl sites for hydroxylation is 2. The molecule has 1 aromatic carbocycles. The van der Waals surface area contributed by atoms with Crippen molar-refractivity contribution in [3.63, 3.8) is 0 Å². The molecule has 1 atom stereocenters. The molecule has 0 saturated carbocycles. The summed E-state index contributed by atoms with van der Waals surface area (Å²) in [5.74, 6) is 2.47. The zero-order valence-corrected chi connectivity index (χ0v) is 12.3. The Hall–Kier alpha value is -2.05. The van der Waals surface area contributed by atoms with Crippen molar-refractivity contribution >= 4 is 11.6 Å². The van der Waals surface area contributed by atoms with E-state index >= 15 is 0 Å². The van der Waals surface area contributed by atoms with Crippen molar-refractivity contribution in [1.29, 1.82) is 0 Å². The molecule has 1 unspecified atom stereocenters. The van der Waals surface area contributed by atoms with Crippen LogP contribution in [-0.4, -0.2) is 25.2 Å². The topological polar surface area (TPSA) is 29.5 Å². The molecule has 3 nitrogen and oxygen atoms in total. The molecule has 106 valence electrons. The van der Waals surface area contributed by atoms with Gasteiger partial charge >= 0.3 is 0 Å². The van der Waals surface area contributed by atoms with Crippen molar-refractivity contribution in [1.82, 2.24) is 0 Å². The second-order valence-corrected chi connectivity index (χ2v) is 4.65. The third-order valence-corrected chi connectivity index (χ3v) is 3.04. The fraction of sp³-hybridized carbons (Fsp3) is 0.353. The summed E-state index contributed by atoms with van der Waals surface area (Å²) >= 11 is 0. The number of hydrogen-bond donors (Lipinski definition) is 0. The summed E-state index contributed by atoms with van der Waals surface area (Å²) in [7, 11) is 0. The third-order valence-electron chi connectivity index (χ3n) is 3.04. The van der Waals surface area contributed by atoms with Gasteiger partial charge < -0.3 is 4.74 Å². The van der Waals surface area contributed by atoms with Crippen LogP contribution in [0.15, 0.2) is 30.9 Å². The van der Waals surface area contributed by atoms with E-state index in [1.807, 2.05) is 39.0 Å². The zero-order valence-electron chi connectivity index (χ0n) is 12.3.